The van der Waals surface area contributed by atoms with Gasteiger partial charge >= 0.3 is 5.97 Å². The van der Waals surface area contributed by atoms with Crippen LogP contribution in [0.4, 0.5) is 0 Å². The third-order valence-electron chi connectivity index (χ3n) is 4.12. The standard InChI is InChI=1S/C21H22N2O6/c1-5-27-16-11-9-15(10-12-16)20-22-23(13(2)24)21(29-20)17-7-6-8-18(26-4)19(17)28-14(3)25/h6-12,21H,5H2,1-4H3/t21-/m0/s1. The summed E-state index contributed by atoms with van der Waals surface area (Å²) in [5, 5.41) is 5.53. The normalized spacial score (nSPS) is 15.4. The number of para-hydroxylation sites is 1. The highest BCUT2D eigenvalue weighted by Gasteiger charge is 2.36. The smallest absolute Gasteiger partial charge is 0.308 e. The summed E-state index contributed by atoms with van der Waals surface area (Å²) in [5.74, 6) is 0.675. The molecule has 2 aromatic rings. The molecular weight excluding hydrogens is 376 g/mol. The number of esters is 1. The fourth-order valence-corrected chi connectivity index (χ4v) is 2.89. The van der Waals surface area contributed by atoms with Crippen molar-refractivity contribution in [1.82, 2.24) is 5.01 Å². The lowest BCUT2D eigenvalue weighted by molar-refractivity contribution is -0.135. The van der Waals surface area contributed by atoms with Crippen molar-refractivity contribution < 1.29 is 28.5 Å². The average Bonchev–Trinajstić information content (AvgIpc) is 3.14. The van der Waals surface area contributed by atoms with Crippen LogP contribution in [0.3, 0.4) is 0 Å². The number of carbonyl (C=O) groups is 2. The van der Waals surface area contributed by atoms with Crippen LogP contribution in [0.5, 0.6) is 17.2 Å². The Balaban J connectivity index is 1.97. The molecule has 0 aliphatic carbocycles. The SMILES string of the molecule is CCOc1ccc(C2=NN(C(C)=O)[C@H](c3cccc(OC)c3OC(C)=O)O2)cc1. The number of hydrogen-bond donors (Lipinski definition) is 0. The van der Waals surface area contributed by atoms with Crippen molar-refractivity contribution >= 4 is 17.8 Å². The maximum Gasteiger partial charge on any atom is 0.308 e. The second-order valence-corrected chi connectivity index (χ2v) is 6.17. The predicted molar refractivity (Wildman–Crippen MR) is 105 cm³/mol. The van der Waals surface area contributed by atoms with E-state index in [0.717, 1.165) is 5.75 Å². The number of nitrogens with zero attached hydrogens (tertiary/aromatic N) is 2. The molecule has 0 radical (unpaired) electrons. The molecule has 0 N–H and O–H groups in total. The van der Waals surface area contributed by atoms with Crippen molar-refractivity contribution in [3.05, 3.63) is 53.6 Å². The van der Waals surface area contributed by atoms with Crippen LogP contribution in [0, 0.1) is 0 Å². The van der Waals surface area contributed by atoms with Crippen molar-refractivity contribution in [2.75, 3.05) is 13.7 Å². The van der Waals surface area contributed by atoms with Crippen LogP contribution in [0.15, 0.2) is 47.6 Å². The molecule has 3 rings (SSSR count). The molecule has 8 heteroatoms. The lowest BCUT2D eigenvalue weighted by Gasteiger charge is -2.22. The highest BCUT2D eigenvalue weighted by atomic mass is 16.6. The van der Waals surface area contributed by atoms with Gasteiger partial charge in [-0.2, -0.15) is 5.01 Å². The third-order valence-corrected chi connectivity index (χ3v) is 4.12. The highest BCUT2D eigenvalue weighted by molar-refractivity contribution is 5.96. The monoisotopic (exact) mass is 398 g/mol. The van der Waals surface area contributed by atoms with Gasteiger partial charge in [0.15, 0.2) is 11.5 Å². The Hall–Kier alpha value is -3.55. The van der Waals surface area contributed by atoms with Crippen LogP contribution in [0.1, 0.15) is 38.1 Å². The zero-order valence-electron chi connectivity index (χ0n) is 16.7. The number of ether oxygens (including phenoxy) is 4. The zero-order valence-corrected chi connectivity index (χ0v) is 16.7. The molecule has 152 valence electrons. The quantitative estimate of drug-likeness (QED) is 0.548. The molecule has 29 heavy (non-hydrogen) atoms. The van der Waals surface area contributed by atoms with Crippen LogP contribution < -0.4 is 14.2 Å². The van der Waals surface area contributed by atoms with E-state index < -0.39 is 12.2 Å². The van der Waals surface area contributed by atoms with E-state index in [1.54, 1.807) is 42.5 Å². The molecule has 0 aromatic heterocycles. The van der Waals surface area contributed by atoms with Crippen LogP contribution in [-0.4, -0.2) is 36.5 Å². The van der Waals surface area contributed by atoms with Crippen molar-refractivity contribution in [2.24, 2.45) is 5.10 Å². The molecule has 0 saturated heterocycles. The molecule has 0 fully saturated rings. The number of rotatable bonds is 6. The second kappa shape index (κ2) is 8.64. The topological polar surface area (TPSA) is 86.7 Å². The van der Waals surface area contributed by atoms with Gasteiger partial charge in [-0.15, -0.1) is 5.10 Å². The summed E-state index contributed by atoms with van der Waals surface area (Å²) in [7, 11) is 1.46. The maximum absolute atomic E-state index is 12.2. The van der Waals surface area contributed by atoms with E-state index in [1.807, 2.05) is 6.92 Å². The number of methoxy groups -OCH3 is 1. The third kappa shape index (κ3) is 4.31. The summed E-state index contributed by atoms with van der Waals surface area (Å²) in [6, 6.07) is 12.3. The van der Waals surface area contributed by atoms with Gasteiger partial charge in [-0.3, -0.25) is 9.59 Å². The van der Waals surface area contributed by atoms with Gasteiger partial charge in [0.2, 0.25) is 18.0 Å². The van der Waals surface area contributed by atoms with Crippen LogP contribution in [0.25, 0.3) is 0 Å². The van der Waals surface area contributed by atoms with E-state index >= 15 is 0 Å². The van der Waals surface area contributed by atoms with E-state index in [4.69, 9.17) is 18.9 Å². The molecule has 0 spiro atoms. The maximum atomic E-state index is 12.2. The first kappa shape index (κ1) is 20.2. The minimum Gasteiger partial charge on any atom is -0.494 e. The Morgan fingerprint density at radius 2 is 1.86 bits per heavy atom. The van der Waals surface area contributed by atoms with Gasteiger partial charge in [-0.05, 0) is 43.3 Å². The summed E-state index contributed by atoms with van der Waals surface area (Å²) in [6.07, 6.45) is -0.904. The molecule has 1 aliphatic rings. The van der Waals surface area contributed by atoms with E-state index in [2.05, 4.69) is 5.10 Å². The Bertz CT molecular complexity index is 939. The van der Waals surface area contributed by atoms with Gasteiger partial charge in [0.25, 0.3) is 0 Å². The molecular formula is C21H22N2O6. The zero-order chi connectivity index (χ0) is 21.0. The number of hydrogen-bond acceptors (Lipinski definition) is 7. The van der Waals surface area contributed by atoms with Gasteiger partial charge in [0.1, 0.15) is 5.75 Å². The molecule has 1 atom stereocenters. The van der Waals surface area contributed by atoms with Gasteiger partial charge in [0, 0.05) is 19.4 Å². The fraction of sp³-hybridized carbons (Fsp3) is 0.286. The van der Waals surface area contributed by atoms with E-state index in [-0.39, 0.29) is 17.6 Å². The lowest BCUT2D eigenvalue weighted by atomic mass is 10.1. The van der Waals surface area contributed by atoms with Crippen molar-refractivity contribution in [3.63, 3.8) is 0 Å². The minimum atomic E-state index is -0.904. The van der Waals surface area contributed by atoms with Crippen molar-refractivity contribution in [1.29, 1.82) is 0 Å². The molecule has 1 aliphatic heterocycles. The molecule has 1 amide bonds. The van der Waals surface area contributed by atoms with Gasteiger partial charge in [-0.1, -0.05) is 6.07 Å². The number of hydrazone groups is 1. The van der Waals surface area contributed by atoms with Crippen molar-refractivity contribution in [3.8, 4) is 17.2 Å². The molecule has 8 nitrogen and oxygen atoms in total. The van der Waals surface area contributed by atoms with E-state index in [1.165, 1.54) is 26.0 Å². The summed E-state index contributed by atoms with van der Waals surface area (Å²) in [4.78, 5) is 23.8. The summed E-state index contributed by atoms with van der Waals surface area (Å²) in [5.41, 5.74) is 1.12. The lowest BCUT2D eigenvalue weighted by Crippen LogP contribution is -2.26. The number of amides is 1. The Kier molecular flexibility index (Phi) is 6.01. The van der Waals surface area contributed by atoms with E-state index in [0.29, 0.717) is 23.5 Å². The minimum absolute atomic E-state index is 0.182. The highest BCUT2D eigenvalue weighted by Crippen LogP contribution is 2.40. The number of benzene rings is 2. The Labute approximate surface area is 168 Å². The van der Waals surface area contributed by atoms with Gasteiger partial charge < -0.3 is 18.9 Å². The summed E-state index contributed by atoms with van der Waals surface area (Å²) >= 11 is 0. The predicted octanol–water partition coefficient (Wildman–Crippen LogP) is 3.26. The van der Waals surface area contributed by atoms with Gasteiger partial charge in [-0.25, -0.2) is 0 Å². The molecule has 0 saturated carbocycles. The van der Waals surface area contributed by atoms with E-state index in [9.17, 15) is 9.59 Å². The summed E-state index contributed by atoms with van der Waals surface area (Å²) < 4.78 is 22.1. The van der Waals surface area contributed by atoms with Crippen molar-refractivity contribution in [2.45, 2.75) is 27.0 Å². The second-order valence-electron chi connectivity index (χ2n) is 6.17. The summed E-state index contributed by atoms with van der Waals surface area (Å²) in [6.45, 7) is 5.14. The molecule has 0 bridgehead atoms. The Morgan fingerprint density at radius 1 is 1.14 bits per heavy atom. The van der Waals surface area contributed by atoms with Crippen LogP contribution >= 0.6 is 0 Å². The van der Waals surface area contributed by atoms with Crippen LogP contribution in [-0.2, 0) is 14.3 Å². The molecule has 0 unspecified atom stereocenters. The Morgan fingerprint density at radius 3 is 2.45 bits per heavy atom. The number of carbonyl (C=O) groups excluding carboxylic acids is 2. The van der Waals surface area contributed by atoms with Gasteiger partial charge in [0.05, 0.1) is 19.3 Å². The largest absolute Gasteiger partial charge is 0.494 e. The molecule has 1 heterocycles. The first-order valence-electron chi connectivity index (χ1n) is 9.08. The fourth-order valence-electron chi connectivity index (χ4n) is 2.89. The average molecular weight is 398 g/mol. The first-order valence-corrected chi connectivity index (χ1v) is 9.08. The van der Waals surface area contributed by atoms with Crippen LogP contribution in [0.2, 0.25) is 0 Å². The first-order chi connectivity index (χ1) is 13.9. The molecule has 2 aromatic carbocycles.